The van der Waals surface area contributed by atoms with Gasteiger partial charge in [-0.15, -0.1) is 21.8 Å². The maximum atomic E-state index is 11.7. The fourth-order valence-electron chi connectivity index (χ4n) is 1.43. The number of halogens is 2. The molecule has 0 aliphatic carbocycles. The summed E-state index contributed by atoms with van der Waals surface area (Å²) >= 11 is 12.2. The standard InChI is InChI=1S/C13H11Cl2N5O2S/c14-6-11(22)17-13-20-19-12(23-13)5-10(21)18-16-7-8-1-3-9(15)4-2-8/h1-4,7H,5-6H2,(H,18,21)(H,17,20,22). The Balaban J connectivity index is 1.82. The first-order chi connectivity index (χ1) is 11.1. The van der Waals surface area contributed by atoms with E-state index in [-0.39, 0.29) is 24.1 Å². The molecule has 0 saturated heterocycles. The van der Waals surface area contributed by atoms with Gasteiger partial charge in [-0.2, -0.15) is 5.10 Å². The number of benzene rings is 1. The minimum atomic E-state index is -0.383. The van der Waals surface area contributed by atoms with E-state index in [1.54, 1.807) is 24.3 Å². The number of carbonyl (C=O) groups is 2. The Morgan fingerprint density at radius 1 is 1.22 bits per heavy atom. The Bertz CT molecular complexity index is 717. The van der Waals surface area contributed by atoms with Gasteiger partial charge in [0.2, 0.25) is 16.9 Å². The SMILES string of the molecule is O=C(Cc1nnc(NC(=O)CCl)s1)NN=Cc1ccc(Cl)cc1. The third kappa shape index (κ3) is 5.93. The smallest absolute Gasteiger partial charge is 0.247 e. The van der Waals surface area contributed by atoms with Gasteiger partial charge in [0.25, 0.3) is 0 Å². The van der Waals surface area contributed by atoms with Crippen LogP contribution in [0.2, 0.25) is 5.02 Å². The molecule has 0 aliphatic rings. The minimum Gasteiger partial charge on any atom is -0.299 e. The summed E-state index contributed by atoms with van der Waals surface area (Å²) in [6.45, 7) is 0. The fourth-order valence-corrected chi connectivity index (χ4v) is 2.38. The molecule has 10 heteroatoms. The van der Waals surface area contributed by atoms with Crippen molar-refractivity contribution >= 4 is 57.7 Å². The van der Waals surface area contributed by atoms with Crippen LogP contribution in [0.1, 0.15) is 10.6 Å². The lowest BCUT2D eigenvalue weighted by molar-refractivity contribution is -0.120. The number of rotatable bonds is 6. The van der Waals surface area contributed by atoms with Gasteiger partial charge < -0.3 is 0 Å². The zero-order valence-corrected chi connectivity index (χ0v) is 14.0. The zero-order valence-electron chi connectivity index (χ0n) is 11.6. The number of nitrogens with zero attached hydrogens (tertiary/aromatic N) is 3. The number of alkyl halides is 1. The molecule has 0 unspecified atom stereocenters. The van der Waals surface area contributed by atoms with Gasteiger partial charge in [0.05, 0.1) is 12.6 Å². The Morgan fingerprint density at radius 3 is 2.65 bits per heavy atom. The number of hydrazone groups is 1. The first-order valence-electron chi connectivity index (χ1n) is 6.32. The van der Waals surface area contributed by atoms with Crippen LogP contribution >= 0.6 is 34.5 Å². The molecule has 0 fully saturated rings. The number of amides is 2. The third-order valence-electron chi connectivity index (χ3n) is 2.42. The Labute approximate surface area is 145 Å². The lowest BCUT2D eigenvalue weighted by atomic mass is 10.2. The summed E-state index contributed by atoms with van der Waals surface area (Å²) < 4.78 is 0. The second kappa shape index (κ2) is 8.56. The monoisotopic (exact) mass is 371 g/mol. The van der Waals surface area contributed by atoms with Crippen LogP contribution in [0.3, 0.4) is 0 Å². The Morgan fingerprint density at radius 2 is 1.96 bits per heavy atom. The quantitative estimate of drug-likeness (QED) is 0.461. The number of hydrogen-bond donors (Lipinski definition) is 2. The fraction of sp³-hybridized carbons (Fsp3) is 0.154. The molecule has 7 nitrogen and oxygen atoms in total. The summed E-state index contributed by atoms with van der Waals surface area (Å²) in [5, 5.41) is 15.2. The van der Waals surface area contributed by atoms with Crippen LogP contribution in [0.15, 0.2) is 29.4 Å². The van der Waals surface area contributed by atoms with Crippen molar-refractivity contribution in [1.82, 2.24) is 15.6 Å². The largest absolute Gasteiger partial charge is 0.299 e. The van der Waals surface area contributed by atoms with Gasteiger partial charge in [0.15, 0.2) is 0 Å². The van der Waals surface area contributed by atoms with Crippen molar-refractivity contribution in [2.75, 3.05) is 11.2 Å². The predicted molar refractivity (Wildman–Crippen MR) is 90.2 cm³/mol. The van der Waals surface area contributed by atoms with Gasteiger partial charge in [-0.3, -0.25) is 14.9 Å². The van der Waals surface area contributed by atoms with Crippen molar-refractivity contribution in [3.05, 3.63) is 39.9 Å². The molecule has 0 spiro atoms. The molecule has 0 saturated carbocycles. The van der Waals surface area contributed by atoms with E-state index >= 15 is 0 Å². The summed E-state index contributed by atoms with van der Waals surface area (Å²) in [6.07, 6.45) is 1.51. The molecular weight excluding hydrogens is 361 g/mol. The minimum absolute atomic E-state index is 0.00632. The Kier molecular flexibility index (Phi) is 6.45. The summed E-state index contributed by atoms with van der Waals surface area (Å²) in [6, 6.07) is 6.99. The molecule has 2 rings (SSSR count). The van der Waals surface area contributed by atoms with E-state index in [1.807, 2.05) is 0 Å². The summed E-state index contributed by atoms with van der Waals surface area (Å²) in [5.74, 6) is -0.901. The molecule has 1 heterocycles. The molecular formula is C13H11Cl2N5O2S. The molecule has 2 amide bonds. The van der Waals surface area contributed by atoms with Crippen LogP contribution < -0.4 is 10.7 Å². The van der Waals surface area contributed by atoms with Crippen molar-refractivity contribution in [3.8, 4) is 0 Å². The lowest BCUT2D eigenvalue weighted by Gasteiger charge is -1.97. The molecule has 0 bridgehead atoms. The molecule has 1 aromatic carbocycles. The van der Waals surface area contributed by atoms with Gasteiger partial charge >= 0.3 is 0 Å². The van der Waals surface area contributed by atoms with Gasteiger partial charge in [0.1, 0.15) is 10.9 Å². The van der Waals surface area contributed by atoms with Gasteiger partial charge in [-0.05, 0) is 17.7 Å². The van der Waals surface area contributed by atoms with Crippen molar-refractivity contribution in [2.24, 2.45) is 5.10 Å². The maximum Gasteiger partial charge on any atom is 0.247 e. The van der Waals surface area contributed by atoms with Gasteiger partial charge in [0, 0.05) is 5.02 Å². The van der Waals surface area contributed by atoms with E-state index in [4.69, 9.17) is 23.2 Å². The molecule has 0 aliphatic heterocycles. The highest BCUT2D eigenvalue weighted by Gasteiger charge is 2.10. The van der Waals surface area contributed by atoms with Gasteiger partial charge in [-0.25, -0.2) is 5.43 Å². The molecule has 1 aromatic heterocycles. The third-order valence-corrected chi connectivity index (χ3v) is 3.75. The van der Waals surface area contributed by atoms with Crippen LogP contribution in [0.4, 0.5) is 5.13 Å². The number of hydrogen-bond acceptors (Lipinski definition) is 6. The number of nitrogens with one attached hydrogen (secondary N) is 2. The average Bonchev–Trinajstić information content (AvgIpc) is 2.96. The van der Waals surface area contributed by atoms with Crippen molar-refractivity contribution in [2.45, 2.75) is 6.42 Å². The molecule has 2 N–H and O–H groups in total. The Hall–Kier alpha value is -2.03. The molecule has 0 radical (unpaired) electrons. The van der Waals surface area contributed by atoms with E-state index in [9.17, 15) is 9.59 Å². The summed E-state index contributed by atoms with van der Waals surface area (Å²) in [4.78, 5) is 22.8. The van der Waals surface area contributed by atoms with Crippen LogP contribution in [0.25, 0.3) is 0 Å². The first-order valence-corrected chi connectivity index (χ1v) is 8.05. The van der Waals surface area contributed by atoms with Crippen LogP contribution in [-0.2, 0) is 16.0 Å². The van der Waals surface area contributed by atoms with E-state index < -0.39 is 0 Å². The highest BCUT2D eigenvalue weighted by atomic mass is 35.5. The number of aromatic nitrogens is 2. The van der Waals surface area contributed by atoms with Crippen molar-refractivity contribution < 1.29 is 9.59 Å². The second-order valence-corrected chi connectivity index (χ2v) is 5.97. The predicted octanol–water partition coefficient (Wildman–Crippen LogP) is 2.06. The highest BCUT2D eigenvalue weighted by Crippen LogP contribution is 2.15. The second-order valence-electron chi connectivity index (χ2n) is 4.20. The van der Waals surface area contributed by atoms with Crippen molar-refractivity contribution in [3.63, 3.8) is 0 Å². The zero-order chi connectivity index (χ0) is 16.7. The van der Waals surface area contributed by atoms with Crippen LogP contribution in [-0.4, -0.2) is 34.1 Å². The van der Waals surface area contributed by atoms with Crippen LogP contribution in [0, 0.1) is 0 Å². The van der Waals surface area contributed by atoms with E-state index in [0.29, 0.717) is 15.2 Å². The molecule has 23 heavy (non-hydrogen) atoms. The van der Waals surface area contributed by atoms with E-state index in [1.165, 1.54) is 6.21 Å². The van der Waals surface area contributed by atoms with E-state index in [2.05, 4.69) is 26.0 Å². The average molecular weight is 372 g/mol. The maximum absolute atomic E-state index is 11.7. The first kappa shape index (κ1) is 17.3. The molecule has 120 valence electrons. The molecule has 2 aromatic rings. The van der Waals surface area contributed by atoms with Gasteiger partial charge in [-0.1, -0.05) is 35.1 Å². The normalized spacial score (nSPS) is 10.7. The van der Waals surface area contributed by atoms with Crippen LogP contribution in [0.5, 0.6) is 0 Å². The lowest BCUT2D eigenvalue weighted by Crippen LogP contribution is -2.19. The summed E-state index contributed by atoms with van der Waals surface area (Å²) in [7, 11) is 0. The number of anilines is 1. The topological polar surface area (TPSA) is 96.3 Å². The summed E-state index contributed by atoms with van der Waals surface area (Å²) in [5.41, 5.74) is 3.19. The molecule has 0 atom stereocenters. The number of carbonyl (C=O) groups excluding carboxylic acids is 2. The van der Waals surface area contributed by atoms with E-state index in [0.717, 1.165) is 16.9 Å². The highest BCUT2D eigenvalue weighted by molar-refractivity contribution is 7.15. The van der Waals surface area contributed by atoms with Crippen molar-refractivity contribution in [1.29, 1.82) is 0 Å².